The van der Waals surface area contributed by atoms with Crippen molar-refractivity contribution in [3.8, 4) is 16.3 Å². The van der Waals surface area contributed by atoms with Crippen LogP contribution in [0.4, 0.5) is 0 Å². The second-order valence-electron chi connectivity index (χ2n) is 5.22. The van der Waals surface area contributed by atoms with Gasteiger partial charge in [-0.15, -0.1) is 11.3 Å². The average Bonchev–Trinajstić information content (AvgIpc) is 3.00. The van der Waals surface area contributed by atoms with Crippen LogP contribution in [0.5, 0.6) is 5.75 Å². The van der Waals surface area contributed by atoms with Gasteiger partial charge in [-0.25, -0.2) is 4.98 Å². The molecule has 0 aliphatic heterocycles. The monoisotopic (exact) mass is 314 g/mol. The van der Waals surface area contributed by atoms with Crippen molar-refractivity contribution in [1.29, 1.82) is 0 Å². The highest BCUT2D eigenvalue weighted by atomic mass is 32.1. The fraction of sp³-hybridized carbons (Fsp3) is 0.294. The second kappa shape index (κ2) is 6.32. The number of carbonyl (C=O) groups excluding carboxylic acids is 1. The van der Waals surface area contributed by atoms with Crippen molar-refractivity contribution in [2.75, 3.05) is 7.11 Å². The lowest BCUT2D eigenvalue weighted by Gasteiger charge is -2.21. The molecule has 3 rings (SSSR count). The maximum atomic E-state index is 11.6. The predicted molar refractivity (Wildman–Crippen MR) is 88.1 cm³/mol. The van der Waals surface area contributed by atoms with Crippen molar-refractivity contribution in [2.45, 2.75) is 25.3 Å². The Morgan fingerprint density at radius 1 is 1.45 bits per heavy atom. The van der Waals surface area contributed by atoms with Gasteiger partial charge in [0, 0.05) is 5.56 Å². The first-order chi connectivity index (χ1) is 10.7. The molecule has 0 radical (unpaired) electrons. The Hall–Kier alpha value is -2.14. The highest BCUT2D eigenvalue weighted by Crippen LogP contribution is 2.38. The molecule has 4 nitrogen and oxygen atoms in total. The number of nitrogens with zero attached hydrogens (tertiary/aromatic N) is 1. The second-order valence-corrected chi connectivity index (χ2v) is 6.25. The number of rotatable bonds is 4. The molecule has 0 saturated carbocycles. The van der Waals surface area contributed by atoms with Gasteiger partial charge in [0.15, 0.2) is 0 Å². The summed E-state index contributed by atoms with van der Waals surface area (Å²) in [5.74, 6) is 0.707. The number of amides is 1. The Morgan fingerprint density at radius 3 is 2.91 bits per heavy atom. The fourth-order valence-electron chi connectivity index (χ4n) is 2.65. The number of aryl methyl sites for hydroxylation is 1. The number of thiazole rings is 1. The van der Waals surface area contributed by atoms with Gasteiger partial charge in [-0.2, -0.15) is 0 Å². The van der Waals surface area contributed by atoms with E-state index in [9.17, 15) is 4.79 Å². The zero-order chi connectivity index (χ0) is 15.5. The van der Waals surface area contributed by atoms with Gasteiger partial charge in [-0.3, -0.25) is 4.79 Å². The lowest BCUT2D eigenvalue weighted by molar-refractivity contribution is -0.117. The summed E-state index contributed by atoms with van der Waals surface area (Å²) >= 11 is 1.66. The topological polar surface area (TPSA) is 51.2 Å². The van der Waals surface area contributed by atoms with Crippen LogP contribution in [0.3, 0.4) is 0 Å². The number of fused-ring (bicyclic) bond motifs is 1. The van der Waals surface area contributed by atoms with E-state index in [0.717, 1.165) is 41.3 Å². The Labute approximate surface area is 133 Å². The molecule has 2 aromatic rings. The molecule has 22 heavy (non-hydrogen) atoms. The van der Waals surface area contributed by atoms with Gasteiger partial charge in [0.25, 0.3) is 0 Å². The quantitative estimate of drug-likeness (QED) is 0.879. The minimum absolute atomic E-state index is 0.0544. The lowest BCUT2D eigenvalue weighted by atomic mass is 9.98. The van der Waals surface area contributed by atoms with E-state index in [0.29, 0.717) is 0 Å². The summed E-state index contributed by atoms with van der Waals surface area (Å²) in [6, 6.07) is 7.96. The highest BCUT2D eigenvalue weighted by Gasteiger charge is 2.25. The highest BCUT2D eigenvalue weighted by molar-refractivity contribution is 7.15. The van der Waals surface area contributed by atoms with Gasteiger partial charge in [-0.05, 0) is 49.6 Å². The molecule has 1 aromatic heterocycles. The molecule has 1 aliphatic rings. The van der Waals surface area contributed by atoms with E-state index < -0.39 is 0 Å². The number of carbonyl (C=O) groups is 1. The summed E-state index contributed by atoms with van der Waals surface area (Å²) in [6.07, 6.45) is 4.29. The summed E-state index contributed by atoms with van der Waals surface area (Å²) in [5, 5.41) is 3.99. The van der Waals surface area contributed by atoms with E-state index in [4.69, 9.17) is 9.72 Å². The maximum absolute atomic E-state index is 11.6. The van der Waals surface area contributed by atoms with Gasteiger partial charge in [0.1, 0.15) is 10.8 Å². The third-order valence-electron chi connectivity index (χ3n) is 3.79. The van der Waals surface area contributed by atoms with Gasteiger partial charge in [0.05, 0.1) is 23.7 Å². The number of nitrogens with one attached hydrogen (secondary N) is 1. The smallest absolute Gasteiger partial charge is 0.243 e. The Balaban J connectivity index is 1.89. The minimum atomic E-state index is -0.128. The molecule has 1 unspecified atom stereocenters. The molecule has 1 aromatic carbocycles. The molecule has 1 atom stereocenters. The summed E-state index contributed by atoms with van der Waals surface area (Å²) in [5.41, 5.74) is 2.19. The van der Waals surface area contributed by atoms with Crippen LogP contribution in [0.2, 0.25) is 0 Å². The Morgan fingerprint density at radius 2 is 2.23 bits per heavy atom. The molecule has 1 heterocycles. The standard InChI is InChI=1S/C17H18N2O2S/c1-3-15(20)18-13-5-4-6-14-16(13)22-17(19-14)11-7-9-12(21-2)10-8-11/h3,7-10,13H,1,4-6H2,2H3,(H,18,20). The molecular formula is C17H18N2O2S. The van der Waals surface area contributed by atoms with Crippen LogP contribution >= 0.6 is 11.3 Å². The van der Waals surface area contributed by atoms with Crippen LogP contribution in [0.25, 0.3) is 10.6 Å². The van der Waals surface area contributed by atoms with Crippen molar-refractivity contribution < 1.29 is 9.53 Å². The van der Waals surface area contributed by atoms with Crippen LogP contribution in [-0.4, -0.2) is 18.0 Å². The summed E-state index contributed by atoms with van der Waals surface area (Å²) in [7, 11) is 1.66. The fourth-order valence-corrected chi connectivity index (χ4v) is 3.85. The van der Waals surface area contributed by atoms with Crippen LogP contribution in [-0.2, 0) is 11.2 Å². The molecule has 1 aliphatic carbocycles. The predicted octanol–water partition coefficient (Wildman–Crippen LogP) is 3.50. The lowest BCUT2D eigenvalue weighted by Crippen LogP contribution is -2.28. The number of hydrogen-bond donors (Lipinski definition) is 1. The first-order valence-corrected chi connectivity index (χ1v) is 8.10. The molecule has 5 heteroatoms. The first-order valence-electron chi connectivity index (χ1n) is 7.28. The number of aromatic nitrogens is 1. The number of benzene rings is 1. The first kappa shape index (κ1) is 14.8. The van der Waals surface area contributed by atoms with Crippen molar-refractivity contribution in [3.05, 3.63) is 47.5 Å². The number of methoxy groups -OCH3 is 1. The zero-order valence-corrected chi connectivity index (χ0v) is 13.3. The van der Waals surface area contributed by atoms with Crippen LogP contribution in [0, 0.1) is 0 Å². The average molecular weight is 314 g/mol. The van der Waals surface area contributed by atoms with Crippen LogP contribution in [0.15, 0.2) is 36.9 Å². The summed E-state index contributed by atoms with van der Waals surface area (Å²) in [4.78, 5) is 17.5. The third-order valence-corrected chi connectivity index (χ3v) is 5.05. The number of ether oxygens (including phenoxy) is 1. The zero-order valence-electron chi connectivity index (χ0n) is 12.5. The third kappa shape index (κ3) is 2.90. The molecule has 1 N–H and O–H groups in total. The van der Waals surface area contributed by atoms with Gasteiger partial charge < -0.3 is 10.1 Å². The van der Waals surface area contributed by atoms with E-state index in [1.54, 1.807) is 18.4 Å². The van der Waals surface area contributed by atoms with Gasteiger partial charge in [0.2, 0.25) is 5.91 Å². The number of hydrogen-bond acceptors (Lipinski definition) is 4. The maximum Gasteiger partial charge on any atom is 0.243 e. The minimum Gasteiger partial charge on any atom is -0.497 e. The van der Waals surface area contributed by atoms with E-state index in [-0.39, 0.29) is 11.9 Å². The molecule has 0 bridgehead atoms. The Bertz CT molecular complexity index is 691. The normalized spacial score (nSPS) is 16.7. The summed E-state index contributed by atoms with van der Waals surface area (Å²) < 4.78 is 5.19. The van der Waals surface area contributed by atoms with Crippen LogP contribution < -0.4 is 10.1 Å². The van der Waals surface area contributed by atoms with Gasteiger partial charge >= 0.3 is 0 Å². The van der Waals surface area contributed by atoms with Crippen molar-refractivity contribution >= 4 is 17.2 Å². The molecule has 0 spiro atoms. The molecule has 114 valence electrons. The van der Waals surface area contributed by atoms with Crippen LogP contribution in [0.1, 0.15) is 29.5 Å². The van der Waals surface area contributed by atoms with E-state index in [1.807, 2.05) is 24.3 Å². The molecular weight excluding hydrogens is 296 g/mol. The van der Waals surface area contributed by atoms with Gasteiger partial charge in [-0.1, -0.05) is 6.58 Å². The van der Waals surface area contributed by atoms with Crippen molar-refractivity contribution in [2.24, 2.45) is 0 Å². The summed E-state index contributed by atoms with van der Waals surface area (Å²) in [6.45, 7) is 3.52. The van der Waals surface area contributed by atoms with E-state index >= 15 is 0 Å². The Kier molecular flexibility index (Phi) is 4.24. The molecule has 0 fully saturated rings. The van der Waals surface area contributed by atoms with E-state index in [2.05, 4.69) is 11.9 Å². The largest absolute Gasteiger partial charge is 0.497 e. The van der Waals surface area contributed by atoms with E-state index in [1.165, 1.54) is 11.0 Å². The van der Waals surface area contributed by atoms with Crippen molar-refractivity contribution in [1.82, 2.24) is 10.3 Å². The molecule has 1 amide bonds. The molecule has 0 saturated heterocycles. The SMILES string of the molecule is C=CC(=O)NC1CCCc2nc(-c3ccc(OC)cc3)sc21. The van der Waals surface area contributed by atoms with Crippen molar-refractivity contribution in [3.63, 3.8) is 0 Å².